The number of fused-ring (bicyclic) bond motifs is 1. The largest absolute Gasteiger partial charge is 0.378 e. The van der Waals surface area contributed by atoms with Gasteiger partial charge in [0, 0.05) is 28.1 Å². The van der Waals surface area contributed by atoms with E-state index < -0.39 is 0 Å². The summed E-state index contributed by atoms with van der Waals surface area (Å²) < 4.78 is 7.01. The van der Waals surface area contributed by atoms with Gasteiger partial charge in [0.25, 0.3) is 0 Å². The second kappa shape index (κ2) is 6.90. The number of thiophene rings is 1. The normalized spacial score (nSPS) is 19.6. The first-order valence-electron chi connectivity index (χ1n) is 7.33. The minimum atomic E-state index is 0.453. The smallest absolute Gasteiger partial charge is 0.0636 e. The fourth-order valence-corrected chi connectivity index (χ4v) is 4.15. The van der Waals surface area contributed by atoms with Gasteiger partial charge in [-0.2, -0.15) is 0 Å². The molecule has 1 unspecified atom stereocenters. The lowest BCUT2D eigenvalue weighted by molar-refractivity contribution is 0.0115. The Kier molecular flexibility index (Phi) is 4.94. The molecule has 1 saturated heterocycles. The minimum absolute atomic E-state index is 0.453. The molecule has 0 saturated carbocycles. The Balaban J connectivity index is 1.51. The first-order valence-corrected chi connectivity index (χ1v) is 8.52. The first-order chi connectivity index (χ1) is 9.84. The van der Waals surface area contributed by atoms with Crippen LogP contribution in [0.15, 0.2) is 24.3 Å². The number of rotatable bonds is 5. The Labute approximate surface area is 129 Å². The van der Waals surface area contributed by atoms with E-state index in [4.69, 9.17) is 16.3 Å². The Morgan fingerprint density at radius 3 is 3.00 bits per heavy atom. The number of ether oxygens (including phenoxy) is 1. The average Bonchev–Trinajstić information content (AvgIpc) is 2.82. The zero-order valence-electron chi connectivity index (χ0n) is 11.5. The van der Waals surface area contributed by atoms with Gasteiger partial charge in [-0.05, 0) is 38.3 Å². The Morgan fingerprint density at radius 1 is 1.30 bits per heavy atom. The van der Waals surface area contributed by atoms with Crippen LogP contribution in [0.2, 0.25) is 5.02 Å². The van der Waals surface area contributed by atoms with Gasteiger partial charge in [-0.3, -0.25) is 0 Å². The van der Waals surface area contributed by atoms with Crippen LogP contribution in [-0.2, 0) is 11.3 Å². The standard InChI is InChI=1S/C16H20ClNOS/c17-16-13-6-1-2-7-14(13)20-15(16)11-18-9-8-12-5-3-4-10-19-12/h1-2,6-7,12,18H,3-5,8-11H2. The summed E-state index contributed by atoms with van der Waals surface area (Å²) >= 11 is 8.21. The average molecular weight is 310 g/mol. The van der Waals surface area contributed by atoms with Crippen molar-refractivity contribution in [1.29, 1.82) is 0 Å². The van der Waals surface area contributed by atoms with Gasteiger partial charge in [0.05, 0.1) is 11.1 Å². The molecule has 2 heterocycles. The van der Waals surface area contributed by atoms with E-state index in [1.54, 1.807) is 11.3 Å². The van der Waals surface area contributed by atoms with Crippen LogP contribution in [-0.4, -0.2) is 19.3 Å². The molecule has 1 aromatic carbocycles. The maximum atomic E-state index is 6.43. The third kappa shape index (κ3) is 3.34. The summed E-state index contributed by atoms with van der Waals surface area (Å²) in [4.78, 5) is 1.23. The van der Waals surface area contributed by atoms with Crippen LogP contribution in [0, 0.1) is 0 Å². The van der Waals surface area contributed by atoms with Crippen molar-refractivity contribution in [2.24, 2.45) is 0 Å². The van der Waals surface area contributed by atoms with E-state index in [2.05, 4.69) is 23.5 Å². The molecule has 0 amide bonds. The van der Waals surface area contributed by atoms with Gasteiger partial charge in [0.1, 0.15) is 0 Å². The van der Waals surface area contributed by atoms with Gasteiger partial charge in [0.2, 0.25) is 0 Å². The van der Waals surface area contributed by atoms with Crippen LogP contribution in [0.4, 0.5) is 0 Å². The van der Waals surface area contributed by atoms with Crippen molar-refractivity contribution in [3.63, 3.8) is 0 Å². The van der Waals surface area contributed by atoms with E-state index in [1.807, 2.05) is 6.07 Å². The highest BCUT2D eigenvalue weighted by molar-refractivity contribution is 7.19. The van der Waals surface area contributed by atoms with E-state index in [0.29, 0.717) is 6.10 Å². The molecule has 0 bridgehead atoms. The monoisotopic (exact) mass is 309 g/mol. The van der Waals surface area contributed by atoms with Crippen LogP contribution >= 0.6 is 22.9 Å². The molecule has 1 N–H and O–H groups in total. The molecule has 4 heteroatoms. The molecule has 2 nitrogen and oxygen atoms in total. The van der Waals surface area contributed by atoms with Crippen molar-refractivity contribution in [3.8, 4) is 0 Å². The van der Waals surface area contributed by atoms with Crippen LogP contribution in [0.3, 0.4) is 0 Å². The predicted molar refractivity (Wildman–Crippen MR) is 86.7 cm³/mol. The maximum absolute atomic E-state index is 6.43. The lowest BCUT2D eigenvalue weighted by Gasteiger charge is -2.22. The van der Waals surface area contributed by atoms with E-state index in [9.17, 15) is 0 Å². The molecule has 1 aromatic heterocycles. The van der Waals surface area contributed by atoms with Gasteiger partial charge in [0.15, 0.2) is 0 Å². The van der Waals surface area contributed by atoms with Gasteiger partial charge >= 0.3 is 0 Å². The van der Waals surface area contributed by atoms with Gasteiger partial charge in [-0.25, -0.2) is 0 Å². The summed E-state index contributed by atoms with van der Waals surface area (Å²) in [5, 5.41) is 5.58. The van der Waals surface area contributed by atoms with Crippen LogP contribution in [0.1, 0.15) is 30.6 Å². The van der Waals surface area contributed by atoms with Gasteiger partial charge < -0.3 is 10.1 Å². The number of hydrogen-bond acceptors (Lipinski definition) is 3. The molecule has 1 atom stereocenters. The predicted octanol–water partition coefficient (Wildman–Crippen LogP) is 4.60. The van der Waals surface area contributed by atoms with E-state index >= 15 is 0 Å². The molecule has 1 aliphatic rings. The van der Waals surface area contributed by atoms with Gasteiger partial charge in [-0.1, -0.05) is 29.8 Å². The second-order valence-corrected chi connectivity index (χ2v) is 6.80. The molecular weight excluding hydrogens is 290 g/mol. The highest BCUT2D eigenvalue weighted by Crippen LogP contribution is 2.34. The number of hydrogen-bond donors (Lipinski definition) is 1. The lowest BCUT2D eigenvalue weighted by Crippen LogP contribution is -2.25. The quantitative estimate of drug-likeness (QED) is 0.815. The van der Waals surface area contributed by atoms with Crippen molar-refractivity contribution in [3.05, 3.63) is 34.2 Å². The van der Waals surface area contributed by atoms with Crippen LogP contribution in [0.5, 0.6) is 0 Å². The highest BCUT2D eigenvalue weighted by atomic mass is 35.5. The summed E-state index contributed by atoms with van der Waals surface area (Å²) in [7, 11) is 0. The van der Waals surface area contributed by atoms with Gasteiger partial charge in [-0.15, -0.1) is 11.3 Å². The molecule has 0 aliphatic carbocycles. The van der Waals surface area contributed by atoms with Crippen molar-refractivity contribution < 1.29 is 4.74 Å². The number of nitrogens with one attached hydrogen (secondary N) is 1. The molecule has 20 heavy (non-hydrogen) atoms. The Morgan fingerprint density at radius 2 is 2.20 bits per heavy atom. The summed E-state index contributed by atoms with van der Waals surface area (Å²) in [6.45, 7) is 2.78. The summed E-state index contributed by atoms with van der Waals surface area (Å²) in [5.74, 6) is 0. The molecule has 1 fully saturated rings. The number of halogens is 1. The first kappa shape index (κ1) is 14.3. The number of benzene rings is 1. The van der Waals surface area contributed by atoms with Crippen LogP contribution in [0.25, 0.3) is 10.1 Å². The SMILES string of the molecule is Clc1c(CNCCC2CCCCO2)sc2ccccc12. The maximum Gasteiger partial charge on any atom is 0.0636 e. The molecule has 1 aliphatic heterocycles. The van der Waals surface area contributed by atoms with Crippen molar-refractivity contribution in [2.45, 2.75) is 38.3 Å². The minimum Gasteiger partial charge on any atom is -0.378 e. The summed E-state index contributed by atoms with van der Waals surface area (Å²) in [6, 6.07) is 8.32. The molecule has 3 rings (SSSR count). The second-order valence-electron chi connectivity index (χ2n) is 5.29. The molecule has 108 valence electrons. The third-order valence-electron chi connectivity index (χ3n) is 3.80. The van der Waals surface area contributed by atoms with Crippen molar-refractivity contribution >= 4 is 33.0 Å². The zero-order valence-corrected chi connectivity index (χ0v) is 13.1. The fraction of sp³-hybridized carbons (Fsp3) is 0.500. The van der Waals surface area contributed by atoms with Crippen LogP contribution < -0.4 is 5.32 Å². The Bertz CT molecular complexity index is 563. The lowest BCUT2D eigenvalue weighted by atomic mass is 10.1. The highest BCUT2D eigenvalue weighted by Gasteiger charge is 2.13. The van der Waals surface area contributed by atoms with Crippen molar-refractivity contribution in [2.75, 3.05) is 13.2 Å². The molecule has 0 radical (unpaired) electrons. The van der Waals surface area contributed by atoms with E-state index in [-0.39, 0.29) is 0 Å². The molecular formula is C16H20ClNOS. The topological polar surface area (TPSA) is 21.3 Å². The van der Waals surface area contributed by atoms with E-state index in [0.717, 1.165) is 31.1 Å². The summed E-state index contributed by atoms with van der Waals surface area (Å²) in [5.41, 5.74) is 0. The summed E-state index contributed by atoms with van der Waals surface area (Å²) in [6.07, 6.45) is 5.30. The third-order valence-corrected chi connectivity index (χ3v) is 5.52. The molecule has 0 spiro atoms. The zero-order chi connectivity index (χ0) is 13.8. The Hall–Kier alpha value is -0.610. The van der Waals surface area contributed by atoms with Crippen molar-refractivity contribution in [1.82, 2.24) is 5.32 Å². The fourth-order valence-electron chi connectivity index (χ4n) is 2.68. The molecule has 2 aromatic rings. The van der Waals surface area contributed by atoms with E-state index in [1.165, 1.54) is 34.2 Å².